The summed E-state index contributed by atoms with van der Waals surface area (Å²) in [5, 5.41) is 1.53. The Kier molecular flexibility index (Phi) is 6.35. The van der Waals surface area contributed by atoms with E-state index in [1.807, 2.05) is 0 Å². The lowest BCUT2D eigenvalue weighted by atomic mass is 9.98. The Hall–Kier alpha value is -1.53. The third kappa shape index (κ3) is 4.97. The standard InChI is InChI=1S/C21H26N2O10S3/c1-19(2)30-15-11-28-21(17(16(15)31-19)32-20(3,4)33-21)12-29-36(26,27)23-35(24,25)18-13(8-10-34-18)14-7-5-6-9-22-14/h5-10,15-17,23H,11-12H2,1-4H3/t15?,16?,17?,21-/m0/s1. The second kappa shape index (κ2) is 8.76. The molecule has 5 heterocycles. The van der Waals surface area contributed by atoms with Gasteiger partial charge in [0.15, 0.2) is 11.6 Å². The summed E-state index contributed by atoms with van der Waals surface area (Å²) in [7, 11) is -9.35. The molecule has 0 bridgehead atoms. The third-order valence-electron chi connectivity index (χ3n) is 5.72. The van der Waals surface area contributed by atoms with E-state index in [2.05, 4.69) is 4.98 Å². The number of nitrogens with zero attached hydrogens (tertiary/aromatic N) is 1. The highest BCUT2D eigenvalue weighted by Crippen LogP contribution is 2.47. The Morgan fingerprint density at radius 1 is 1.08 bits per heavy atom. The Morgan fingerprint density at radius 3 is 2.58 bits per heavy atom. The molecule has 4 atom stereocenters. The number of thiophene rings is 1. The average molecular weight is 563 g/mol. The zero-order valence-electron chi connectivity index (χ0n) is 19.9. The molecule has 3 aliphatic heterocycles. The number of ether oxygens (including phenoxy) is 5. The number of aromatic nitrogens is 1. The van der Waals surface area contributed by atoms with E-state index in [1.165, 1.54) is 11.6 Å². The van der Waals surface area contributed by atoms with Crippen LogP contribution in [-0.4, -0.2) is 70.7 Å². The molecule has 3 aliphatic rings. The van der Waals surface area contributed by atoms with Crippen LogP contribution in [-0.2, 0) is 48.2 Å². The van der Waals surface area contributed by atoms with Gasteiger partial charge in [-0.2, -0.15) is 8.42 Å². The van der Waals surface area contributed by atoms with Crippen LogP contribution >= 0.6 is 11.3 Å². The molecule has 0 aromatic carbocycles. The lowest BCUT2D eigenvalue weighted by molar-refractivity contribution is -0.290. The van der Waals surface area contributed by atoms with Gasteiger partial charge in [0, 0.05) is 11.8 Å². The minimum atomic E-state index is -4.83. The highest BCUT2D eigenvalue weighted by Gasteiger charge is 2.65. The van der Waals surface area contributed by atoms with Gasteiger partial charge in [-0.25, -0.2) is 8.42 Å². The van der Waals surface area contributed by atoms with Crippen LogP contribution in [0.2, 0.25) is 0 Å². The molecule has 1 N–H and O–H groups in total. The van der Waals surface area contributed by atoms with Gasteiger partial charge in [-0.05, 0) is 51.3 Å². The molecule has 0 aliphatic carbocycles. The summed E-state index contributed by atoms with van der Waals surface area (Å²) in [6, 6.07) is 6.54. The molecule has 0 saturated carbocycles. The summed E-state index contributed by atoms with van der Waals surface area (Å²) in [4.78, 5) is 4.14. The van der Waals surface area contributed by atoms with Crippen LogP contribution in [0.1, 0.15) is 27.7 Å². The first kappa shape index (κ1) is 26.1. The molecule has 2 aromatic rings. The maximum atomic E-state index is 13.0. The van der Waals surface area contributed by atoms with Gasteiger partial charge in [0.05, 0.1) is 12.3 Å². The largest absolute Gasteiger partial charge is 0.349 e. The fourth-order valence-corrected chi connectivity index (χ4v) is 8.48. The van der Waals surface area contributed by atoms with Crippen molar-refractivity contribution in [2.24, 2.45) is 0 Å². The SMILES string of the molecule is CC1(C)OC2CO[C@@]3(COS(=O)(=O)NS(=O)(=O)c4sccc4-c4ccccn4)OC(C)(C)OC3C2O1. The molecule has 2 aromatic heterocycles. The highest BCUT2D eigenvalue weighted by molar-refractivity contribution is 8.03. The minimum absolute atomic E-state index is 0.0296. The molecule has 5 rings (SSSR count). The quantitative estimate of drug-likeness (QED) is 0.526. The Bertz CT molecular complexity index is 1340. The Morgan fingerprint density at radius 2 is 1.86 bits per heavy atom. The molecular weight excluding hydrogens is 536 g/mol. The second-order valence-electron chi connectivity index (χ2n) is 9.44. The number of pyridine rings is 1. The van der Waals surface area contributed by atoms with Gasteiger partial charge in [0.1, 0.15) is 29.1 Å². The molecule has 0 spiro atoms. The molecule has 12 nitrogen and oxygen atoms in total. The lowest BCUT2D eigenvalue weighted by Gasteiger charge is -2.40. The smallest absolute Gasteiger partial charge is 0.343 e. The molecule has 198 valence electrons. The van der Waals surface area contributed by atoms with E-state index < -0.39 is 62.6 Å². The molecule has 3 unspecified atom stereocenters. The first-order chi connectivity index (χ1) is 16.7. The summed E-state index contributed by atoms with van der Waals surface area (Å²) in [5.41, 5.74) is 0.642. The van der Waals surface area contributed by atoms with Crippen molar-refractivity contribution in [2.45, 2.75) is 67.6 Å². The second-order valence-corrected chi connectivity index (χ2v) is 13.8. The van der Waals surface area contributed by atoms with Gasteiger partial charge in [0.2, 0.25) is 5.79 Å². The number of rotatable bonds is 7. The number of fused-ring (bicyclic) bond motifs is 3. The van der Waals surface area contributed by atoms with Crippen LogP contribution in [0.3, 0.4) is 0 Å². The monoisotopic (exact) mass is 562 g/mol. The zero-order valence-corrected chi connectivity index (χ0v) is 22.3. The van der Waals surface area contributed by atoms with Crippen LogP contribution in [0, 0.1) is 0 Å². The van der Waals surface area contributed by atoms with E-state index in [4.69, 9.17) is 27.9 Å². The fourth-order valence-electron chi connectivity index (χ4n) is 4.52. The van der Waals surface area contributed by atoms with Gasteiger partial charge in [-0.3, -0.25) is 9.17 Å². The molecule has 15 heteroatoms. The number of nitrogens with one attached hydrogen (secondary N) is 1. The van der Waals surface area contributed by atoms with Crippen LogP contribution in [0.5, 0.6) is 0 Å². The summed E-state index contributed by atoms with van der Waals surface area (Å²) in [5.74, 6) is -3.73. The van der Waals surface area contributed by atoms with Crippen molar-refractivity contribution in [3.63, 3.8) is 0 Å². The summed E-state index contributed by atoms with van der Waals surface area (Å²) < 4.78 is 87.7. The van der Waals surface area contributed by atoms with Crippen molar-refractivity contribution in [1.29, 1.82) is 0 Å². The first-order valence-corrected chi connectivity index (χ1v) is 14.8. The maximum Gasteiger partial charge on any atom is 0.349 e. The van der Waals surface area contributed by atoms with Crippen molar-refractivity contribution in [2.75, 3.05) is 13.2 Å². The molecule has 3 fully saturated rings. The summed E-state index contributed by atoms with van der Waals surface area (Å²) in [6.07, 6.45) is -0.472. The normalized spacial score (nSPS) is 31.2. The van der Waals surface area contributed by atoms with Crippen molar-refractivity contribution < 1.29 is 44.7 Å². The van der Waals surface area contributed by atoms with Crippen molar-refractivity contribution >= 4 is 31.7 Å². The number of hydrogen-bond acceptors (Lipinski definition) is 12. The number of hydrogen-bond donors (Lipinski definition) is 1. The number of sulfonamides is 1. The van der Waals surface area contributed by atoms with E-state index in [0.29, 0.717) is 5.69 Å². The molecule has 0 radical (unpaired) electrons. The van der Waals surface area contributed by atoms with Crippen LogP contribution in [0.15, 0.2) is 40.1 Å². The summed E-state index contributed by atoms with van der Waals surface area (Å²) >= 11 is 0.852. The van der Waals surface area contributed by atoms with E-state index >= 15 is 0 Å². The minimum Gasteiger partial charge on any atom is -0.343 e. The zero-order chi connectivity index (χ0) is 26.0. The van der Waals surface area contributed by atoms with E-state index in [0.717, 1.165) is 11.3 Å². The van der Waals surface area contributed by atoms with Gasteiger partial charge in [-0.15, -0.1) is 11.3 Å². The molecular formula is C21H26N2O10S3. The third-order valence-corrected chi connectivity index (χ3v) is 10.2. The van der Waals surface area contributed by atoms with Crippen molar-refractivity contribution in [1.82, 2.24) is 9.11 Å². The van der Waals surface area contributed by atoms with Crippen LogP contribution in [0.4, 0.5) is 0 Å². The van der Waals surface area contributed by atoms with Gasteiger partial charge >= 0.3 is 10.3 Å². The Balaban J connectivity index is 1.35. The molecule has 3 saturated heterocycles. The van der Waals surface area contributed by atoms with E-state index in [1.54, 1.807) is 56.1 Å². The topological polar surface area (TPSA) is 149 Å². The lowest BCUT2D eigenvalue weighted by Crippen LogP contribution is -2.60. The van der Waals surface area contributed by atoms with Gasteiger partial charge in [-0.1, -0.05) is 10.2 Å². The predicted octanol–water partition coefficient (Wildman–Crippen LogP) is 1.75. The van der Waals surface area contributed by atoms with Crippen molar-refractivity contribution in [3.05, 3.63) is 35.8 Å². The van der Waals surface area contributed by atoms with Crippen molar-refractivity contribution in [3.8, 4) is 11.3 Å². The van der Waals surface area contributed by atoms with E-state index in [9.17, 15) is 16.8 Å². The van der Waals surface area contributed by atoms with Crippen LogP contribution in [0.25, 0.3) is 11.3 Å². The first-order valence-electron chi connectivity index (χ1n) is 11.0. The summed E-state index contributed by atoms with van der Waals surface area (Å²) in [6.45, 7) is 6.11. The Labute approximate surface area is 213 Å². The van der Waals surface area contributed by atoms with E-state index in [-0.39, 0.29) is 16.4 Å². The highest BCUT2D eigenvalue weighted by atomic mass is 32.3. The maximum absolute atomic E-state index is 13.0. The van der Waals surface area contributed by atoms with Gasteiger partial charge < -0.3 is 23.7 Å². The predicted molar refractivity (Wildman–Crippen MR) is 125 cm³/mol. The van der Waals surface area contributed by atoms with Gasteiger partial charge in [0.25, 0.3) is 10.0 Å². The fraction of sp³-hybridized carbons (Fsp3) is 0.571. The van der Waals surface area contributed by atoms with Crippen LogP contribution < -0.4 is 4.13 Å². The molecule has 36 heavy (non-hydrogen) atoms. The molecule has 0 amide bonds. The average Bonchev–Trinajstić information content (AvgIpc) is 3.45.